The molecule has 0 radical (unpaired) electrons. The van der Waals surface area contributed by atoms with Crippen LogP contribution in [0, 0.1) is 98.6 Å². The second-order valence-corrected chi connectivity index (χ2v) is 47.2. The molecule has 15 N–H and O–H groups in total. The zero-order chi connectivity index (χ0) is 107. The van der Waals surface area contributed by atoms with Crippen LogP contribution < -0.4 is 69.8 Å². The zero-order valence-corrected chi connectivity index (χ0v) is 88.1. The molecule has 15 amide bonds. The molecule has 3 aliphatic heterocycles. The van der Waals surface area contributed by atoms with Crippen LogP contribution in [0.1, 0.15) is 268 Å². The fourth-order valence-corrected chi connectivity index (χ4v) is 23.6. The third-order valence-corrected chi connectivity index (χ3v) is 34.0. The minimum Gasteiger partial charge on any atom is -0.497 e. The lowest BCUT2D eigenvalue weighted by Crippen LogP contribution is -2.64. The summed E-state index contributed by atoms with van der Waals surface area (Å²) in [5.74, 6) is -9.86. The molecule has 15 rings (SSSR count). The lowest BCUT2D eigenvalue weighted by molar-refractivity contribution is -0.154. The van der Waals surface area contributed by atoms with Gasteiger partial charge < -0.3 is 98.7 Å². The first-order valence-electron chi connectivity index (χ1n) is 53.2. The van der Waals surface area contributed by atoms with Gasteiger partial charge in [0.25, 0.3) is 17.7 Å². The highest BCUT2D eigenvalue weighted by Crippen LogP contribution is 2.67. The number of carbonyl (C=O) groups excluding carboxylic acids is 18. The molecule has 3 aromatic carbocycles. The fourth-order valence-electron chi connectivity index (χ4n) is 23.6. The van der Waals surface area contributed by atoms with E-state index in [0.717, 1.165) is 139 Å². The number of amides is 15. The van der Waals surface area contributed by atoms with E-state index in [4.69, 9.17) is 36.1 Å². The number of urea groups is 3. The number of fused-ring (bicyclic) bond motifs is 3. The maximum Gasteiger partial charge on any atom is 0.332 e. The normalized spacial score (nSPS) is 24.9. The number of likely N-dealkylation sites (tertiary alicyclic amines) is 3. The van der Waals surface area contributed by atoms with E-state index in [0.29, 0.717) is 57.5 Å². The van der Waals surface area contributed by atoms with E-state index in [1.165, 1.54) is 4.90 Å². The molecule has 37 nitrogen and oxygen atoms in total. The van der Waals surface area contributed by atoms with Crippen LogP contribution in [0.15, 0.2) is 84.9 Å². The molecular formula is C110H157N15O22. The quantitative estimate of drug-likeness (QED) is 0.0143. The average Bonchev–Trinajstić information content (AvgIpc) is 1.53. The Morgan fingerprint density at radius 2 is 0.769 bits per heavy atom. The highest BCUT2D eigenvalue weighted by atomic mass is 16.5. The van der Waals surface area contributed by atoms with E-state index in [1.807, 2.05) is 109 Å². The van der Waals surface area contributed by atoms with Crippen LogP contribution >= 0.6 is 0 Å². The Hall–Kier alpha value is -12.1. The van der Waals surface area contributed by atoms with Crippen molar-refractivity contribution < 1.29 is 105 Å². The molecular weight excluding hydrogens is 1880 g/mol. The van der Waals surface area contributed by atoms with E-state index >= 15 is 0 Å². The first kappa shape index (κ1) is 112. The van der Waals surface area contributed by atoms with Gasteiger partial charge >= 0.3 is 36.0 Å². The molecule has 9 aliphatic carbocycles. The molecule has 0 aromatic heterocycles. The van der Waals surface area contributed by atoms with Crippen molar-refractivity contribution in [3.05, 3.63) is 102 Å². The van der Waals surface area contributed by atoms with Crippen LogP contribution in [0.3, 0.4) is 0 Å². The third-order valence-electron chi connectivity index (χ3n) is 34.0. The Morgan fingerprint density at radius 3 is 1.13 bits per heavy atom. The number of primary amides is 3. The number of Topliss-reactive ketones (excluding diaryl/α,β-unsaturated/α-hetero) is 3. The number of nitrogens with one attached hydrogen (secondary N) is 9. The average molecular weight is 2040 g/mol. The van der Waals surface area contributed by atoms with Crippen LogP contribution in [0.5, 0.6) is 5.75 Å². The van der Waals surface area contributed by atoms with Crippen molar-refractivity contribution in [2.45, 2.75) is 342 Å². The topological polar surface area (TPSA) is 540 Å². The van der Waals surface area contributed by atoms with Gasteiger partial charge in [-0.15, -0.1) is 0 Å². The summed E-state index contributed by atoms with van der Waals surface area (Å²) >= 11 is 0. The number of nitrogens with two attached hydrogens (primary N) is 3. The van der Waals surface area contributed by atoms with Crippen LogP contribution in [-0.4, -0.2) is 219 Å². The van der Waals surface area contributed by atoms with E-state index in [1.54, 1.807) is 61.9 Å². The van der Waals surface area contributed by atoms with Crippen molar-refractivity contribution in [3.8, 4) is 5.75 Å². The standard InChI is InChI=1S/C37H53N5O8.C37H53N5O7.C36H51N5O7/c1-35(2,3)29(40-34(48)41-37(16-8-7-9-17-37)33(47)50-20-22-12-14-23(49-6)15-13-22)32(46)42-19-24-26(36(24,4)5)27(42)31(45)39-25(18-21-10-11-21)28(43)30(38)44;1-21(2)37(5,34(47)49-20-23-12-8-6-9-13-23)41-35(48)40-28(24-14-10-7-11-15-24)33(46)42-19-25-27(36(25,3)4)29(42)32(45)39-26(18-22-16-17-22)30(43)31(38)44;1-20(2)27(34(46)48-19-22-11-7-5-8-12-22)39-35(47)40-28(23-13-9-6-10-14-23)33(45)41-18-24-26(36(24,3)4)29(41)32(44)38-25(17-21-15-16-21)30(42)31(37)43/h12-15,21,24-27,29H,7-11,16-20H2,1-6H3,(H2,38,44)(H,39,45)(H2,40,41,48);6,8-9,12-13,21-22,24-29H,7,10-11,14-20H2,1-5H3,(H2,38,44)(H,39,45)(H2,40,41,48);5,7-8,11-12,20-21,23-29H,6,9-10,13-19H2,1-4H3,(H2,37,43)(H,38,44)(H2,39,40,47)/t24-,25?,26-,27-,29+;25-,26?,27-,28-,29-,37-;24-,25?,26-,27+,28-,29-/m000/s1. The Bertz CT molecular complexity index is 5340. The largest absolute Gasteiger partial charge is 0.497 e. The van der Waals surface area contributed by atoms with Gasteiger partial charge in [0, 0.05) is 19.6 Å². The summed E-state index contributed by atoms with van der Waals surface area (Å²) in [6.45, 7) is 27.8. The second kappa shape index (κ2) is 46.8. The van der Waals surface area contributed by atoms with Crippen molar-refractivity contribution in [2.24, 2.45) is 116 Å². The molecule has 147 heavy (non-hydrogen) atoms. The number of methoxy groups -OCH3 is 1. The molecule has 37 heteroatoms. The number of rotatable bonds is 41. The van der Waals surface area contributed by atoms with Gasteiger partial charge in [0.1, 0.15) is 78.9 Å². The van der Waals surface area contributed by atoms with Crippen LogP contribution in [0.2, 0.25) is 0 Å². The summed E-state index contributed by atoms with van der Waals surface area (Å²) in [6.07, 6.45) is 18.3. The Morgan fingerprint density at radius 1 is 0.408 bits per heavy atom. The smallest absolute Gasteiger partial charge is 0.332 e. The highest BCUT2D eigenvalue weighted by molar-refractivity contribution is 6.39. The predicted molar refractivity (Wildman–Crippen MR) is 541 cm³/mol. The van der Waals surface area contributed by atoms with E-state index in [2.05, 4.69) is 75.5 Å². The molecule has 0 bridgehead atoms. The van der Waals surface area contributed by atoms with Gasteiger partial charge in [0.05, 0.1) is 25.2 Å². The minimum absolute atomic E-state index is 0.0284. The van der Waals surface area contributed by atoms with E-state index < -0.39 is 172 Å². The number of hydrogen-bond donors (Lipinski definition) is 12. The predicted octanol–water partition coefficient (Wildman–Crippen LogP) is 9.02. The third kappa shape index (κ3) is 27.0. The molecule has 804 valence electrons. The number of carbonyl (C=O) groups is 18. The van der Waals surface area contributed by atoms with Crippen molar-refractivity contribution in [3.63, 3.8) is 0 Å². The summed E-state index contributed by atoms with van der Waals surface area (Å²) in [5.41, 5.74) is 14.4. The molecule has 0 spiro atoms. The lowest BCUT2D eigenvalue weighted by atomic mass is 9.81. The molecule has 12 fully saturated rings. The van der Waals surface area contributed by atoms with Crippen molar-refractivity contribution in [1.29, 1.82) is 0 Å². The summed E-state index contributed by atoms with van der Waals surface area (Å²) < 4.78 is 22.1. The number of ketones is 3. The molecule has 3 unspecified atom stereocenters. The monoisotopic (exact) mass is 2040 g/mol. The van der Waals surface area contributed by atoms with E-state index in [-0.39, 0.29) is 125 Å². The molecule has 3 saturated heterocycles. The first-order valence-corrected chi connectivity index (χ1v) is 53.2. The first-order chi connectivity index (χ1) is 69.4. The molecule has 3 heterocycles. The minimum atomic E-state index is -1.38. The molecule has 9 saturated carbocycles. The van der Waals surface area contributed by atoms with Crippen molar-refractivity contribution in [2.75, 3.05) is 26.7 Å². The van der Waals surface area contributed by atoms with Gasteiger partial charge in [-0.25, -0.2) is 28.8 Å². The number of benzene rings is 3. The van der Waals surface area contributed by atoms with Crippen molar-refractivity contribution >= 4 is 107 Å². The number of ether oxygens (including phenoxy) is 4. The number of piperidine rings is 3. The number of hydrogen-bond acceptors (Lipinski definition) is 22. The van der Waals surface area contributed by atoms with E-state index in [9.17, 15) is 86.3 Å². The number of esters is 3. The summed E-state index contributed by atoms with van der Waals surface area (Å²) in [4.78, 5) is 244. The Labute approximate surface area is 862 Å². The van der Waals surface area contributed by atoms with Crippen LogP contribution in [0.25, 0.3) is 0 Å². The molecule has 17 atom stereocenters. The lowest BCUT2D eigenvalue weighted by Gasteiger charge is -2.39. The maximum atomic E-state index is 14.6. The second-order valence-electron chi connectivity index (χ2n) is 47.2. The van der Waals surface area contributed by atoms with Crippen molar-refractivity contribution in [1.82, 2.24) is 62.6 Å². The zero-order valence-electron chi connectivity index (χ0n) is 88.1. The Kier molecular flexibility index (Phi) is 35.7. The summed E-state index contributed by atoms with van der Waals surface area (Å²) in [7, 11) is 1.57. The van der Waals surface area contributed by atoms with Crippen LogP contribution in [0.4, 0.5) is 14.4 Å². The summed E-state index contributed by atoms with van der Waals surface area (Å²) in [5, 5.41) is 25.5. The van der Waals surface area contributed by atoms with Gasteiger partial charge in [-0.05, 0) is 192 Å². The van der Waals surface area contributed by atoms with Gasteiger partial charge in [0.15, 0.2) is 0 Å². The van der Waals surface area contributed by atoms with Gasteiger partial charge in [-0.1, -0.05) is 259 Å². The number of nitrogens with zero attached hydrogens (tertiary/aromatic N) is 3. The Balaban J connectivity index is 0.000000184. The van der Waals surface area contributed by atoms with Gasteiger partial charge in [-0.3, -0.25) is 57.5 Å². The molecule has 12 aliphatic rings. The van der Waals surface area contributed by atoms with Gasteiger partial charge in [-0.2, -0.15) is 0 Å². The maximum absolute atomic E-state index is 14.6. The summed E-state index contributed by atoms with van der Waals surface area (Å²) in [6, 6.07) is 14.1. The van der Waals surface area contributed by atoms with Gasteiger partial charge in [0.2, 0.25) is 52.8 Å². The SMILES string of the molecule is CC(C)[C@@H](NC(=O)N[C@H](C(=O)N1C[C@H]2[C@@H]([C@H]1C(=O)NC(CC1CC1)C(=O)C(N)=O)C2(C)C)C1CCCCC1)C(=O)OCc1ccccc1.CC(C)[C@](C)(NC(=O)N[C@H](C(=O)N1C[C@H]2[C@@H]([C@H]1C(=O)NC(CC1CC1)C(=O)C(N)=O)C2(C)C)C1CCCCC1)C(=O)OCc1ccccc1.COc1ccc(COC(=O)C2(NC(=O)N[C@H](C(=O)N3C[C@H]4[C@@H]([C@H]3C(=O)NC(CC3CC3)C(=O)C(N)=O)C4(C)C)C(C)(C)C)CCCCC2)cc1. The van der Waals surface area contributed by atoms with Crippen LogP contribution in [-0.2, 0) is 106 Å². The fraction of sp³-hybridized carbons (Fsp3) is 0.673. The highest BCUT2D eigenvalue weighted by Gasteiger charge is 2.73. The molecule has 3 aromatic rings.